The van der Waals surface area contributed by atoms with E-state index in [1.54, 1.807) is 38.1 Å². The fraction of sp³-hybridized carbons (Fsp3) is 0.382. The van der Waals surface area contributed by atoms with Gasteiger partial charge < -0.3 is 0 Å². The third-order valence-electron chi connectivity index (χ3n) is 8.67. The topological polar surface area (TPSA) is 81.9 Å². The van der Waals surface area contributed by atoms with Gasteiger partial charge in [-0.1, -0.05) is 32.0 Å². The van der Waals surface area contributed by atoms with Gasteiger partial charge in [0.25, 0.3) is 12.3 Å². The van der Waals surface area contributed by atoms with Crippen LogP contribution in [0.15, 0.2) is 65.7 Å². The Balaban J connectivity index is 1.34. The van der Waals surface area contributed by atoms with E-state index in [9.17, 15) is 30.8 Å². The number of pyridine rings is 1. The van der Waals surface area contributed by atoms with Crippen LogP contribution in [0.4, 0.5) is 26.3 Å². The molecule has 0 bridgehead atoms. The summed E-state index contributed by atoms with van der Waals surface area (Å²) in [5, 5.41) is 3.74. The number of hydrogen-bond donors (Lipinski definition) is 0. The maximum Gasteiger partial charge on any atom is 0.293 e. The zero-order valence-corrected chi connectivity index (χ0v) is 26.3. The largest absolute Gasteiger partial charge is 0.298 e. The highest BCUT2D eigenvalue weighted by atomic mass is 32.2. The molecule has 2 aliphatic rings. The minimum absolute atomic E-state index is 0.0373. The number of fused-ring (bicyclic) bond motifs is 3. The third-order valence-corrected chi connectivity index (χ3v) is 10.8. The van der Waals surface area contributed by atoms with E-state index in [1.165, 1.54) is 18.3 Å². The van der Waals surface area contributed by atoms with Crippen molar-refractivity contribution in [1.82, 2.24) is 14.8 Å². The van der Waals surface area contributed by atoms with E-state index < -0.39 is 75.3 Å². The Morgan fingerprint density at radius 3 is 2.34 bits per heavy atom. The molecule has 3 atom stereocenters. The summed E-state index contributed by atoms with van der Waals surface area (Å²) in [6.07, 6.45) is -1.97. The summed E-state index contributed by atoms with van der Waals surface area (Å²) in [7, 11) is -3.54. The van der Waals surface area contributed by atoms with E-state index in [2.05, 4.69) is 10.1 Å². The number of carbonyl (C=O) groups excluding carboxylic acids is 1. The average molecular weight is 676 g/mol. The van der Waals surface area contributed by atoms with Crippen LogP contribution in [0, 0.1) is 23.5 Å². The van der Waals surface area contributed by atoms with Crippen LogP contribution >= 0.6 is 0 Å². The maximum atomic E-state index is 15.1. The van der Waals surface area contributed by atoms with E-state index in [0.717, 1.165) is 12.1 Å². The first-order valence-electron chi connectivity index (χ1n) is 15.2. The first kappa shape index (κ1) is 32.9. The average Bonchev–Trinajstić information content (AvgIpc) is 3.64. The highest BCUT2D eigenvalue weighted by Gasteiger charge is 2.67. The number of carbonyl (C=O) groups is 1. The molecule has 2 aromatic carbocycles. The van der Waals surface area contributed by atoms with Crippen LogP contribution in [0.25, 0.3) is 11.1 Å². The minimum Gasteiger partial charge on any atom is -0.298 e. The third kappa shape index (κ3) is 6.46. The van der Waals surface area contributed by atoms with Gasteiger partial charge in [-0.25, -0.2) is 26.0 Å². The van der Waals surface area contributed by atoms with Gasteiger partial charge in [-0.2, -0.15) is 13.9 Å². The molecule has 0 saturated heterocycles. The summed E-state index contributed by atoms with van der Waals surface area (Å²) in [6.45, 7) is 2.89. The molecule has 0 aliphatic heterocycles. The summed E-state index contributed by atoms with van der Waals surface area (Å²) in [6, 6.07) is 12.4. The van der Waals surface area contributed by atoms with Gasteiger partial charge in [-0.05, 0) is 66.1 Å². The van der Waals surface area contributed by atoms with Crippen molar-refractivity contribution >= 4 is 15.6 Å². The molecule has 0 N–H and O–H groups in total. The molecule has 2 aromatic heterocycles. The predicted octanol–water partition coefficient (Wildman–Crippen LogP) is 7.79. The van der Waals surface area contributed by atoms with Crippen molar-refractivity contribution in [3.8, 4) is 11.1 Å². The molecule has 2 heterocycles. The second-order valence-corrected chi connectivity index (χ2v) is 14.8. The predicted molar refractivity (Wildman–Crippen MR) is 161 cm³/mol. The fourth-order valence-electron chi connectivity index (χ4n) is 6.73. The van der Waals surface area contributed by atoms with E-state index in [-0.39, 0.29) is 47.0 Å². The molecule has 13 heteroatoms. The fourth-order valence-corrected chi connectivity index (χ4v) is 8.35. The lowest BCUT2D eigenvalue weighted by Gasteiger charge is -2.21. The summed E-state index contributed by atoms with van der Waals surface area (Å²) in [5.74, 6) is -8.46. The number of benzene rings is 2. The van der Waals surface area contributed by atoms with E-state index >= 15 is 8.78 Å². The molecule has 2 aliphatic carbocycles. The summed E-state index contributed by atoms with van der Waals surface area (Å²) in [4.78, 5) is 18.2. The molecule has 1 saturated carbocycles. The number of rotatable bonds is 12. The van der Waals surface area contributed by atoms with Gasteiger partial charge in [0.15, 0.2) is 15.6 Å². The highest BCUT2D eigenvalue weighted by Crippen LogP contribution is 2.68. The quantitative estimate of drug-likeness (QED) is 0.143. The molecule has 1 fully saturated rings. The minimum atomic E-state index is -3.54. The molecule has 47 heavy (non-hydrogen) atoms. The van der Waals surface area contributed by atoms with Gasteiger partial charge in [-0.15, -0.1) is 0 Å². The monoisotopic (exact) mass is 675 g/mol. The van der Waals surface area contributed by atoms with Crippen LogP contribution in [0.3, 0.4) is 0 Å². The number of alkyl halides is 4. The highest BCUT2D eigenvalue weighted by molar-refractivity contribution is 7.91. The van der Waals surface area contributed by atoms with Crippen molar-refractivity contribution < 1.29 is 39.6 Å². The second-order valence-electron chi connectivity index (χ2n) is 12.7. The molecule has 0 amide bonds. The Hall–Kier alpha value is -4.00. The van der Waals surface area contributed by atoms with E-state index in [4.69, 9.17) is 0 Å². The molecule has 6 rings (SSSR count). The lowest BCUT2D eigenvalue weighted by molar-refractivity contribution is -0.120. The van der Waals surface area contributed by atoms with Crippen molar-refractivity contribution in [2.75, 3.05) is 5.75 Å². The second kappa shape index (κ2) is 12.2. The van der Waals surface area contributed by atoms with Gasteiger partial charge in [0, 0.05) is 41.6 Å². The van der Waals surface area contributed by atoms with Crippen LogP contribution in [0.1, 0.15) is 73.2 Å². The van der Waals surface area contributed by atoms with E-state index in [1.807, 2.05) is 0 Å². The van der Waals surface area contributed by atoms with E-state index in [0.29, 0.717) is 27.6 Å². The normalized spacial score (nSPS) is 18.8. The molecule has 0 radical (unpaired) electrons. The molecule has 4 aromatic rings. The number of aromatic nitrogens is 3. The summed E-state index contributed by atoms with van der Waals surface area (Å²) in [5.41, 5.74) is 0.0478. The number of halogens is 6. The number of sulfone groups is 1. The Morgan fingerprint density at radius 1 is 1.02 bits per heavy atom. The first-order valence-corrected chi connectivity index (χ1v) is 16.8. The zero-order chi connectivity index (χ0) is 33.8. The number of Topliss-reactive ketones (excluding diaryl/α,β-unsaturated/α-hetero) is 1. The van der Waals surface area contributed by atoms with Gasteiger partial charge in [0.05, 0.1) is 16.3 Å². The van der Waals surface area contributed by atoms with Crippen molar-refractivity contribution in [2.45, 2.75) is 68.7 Å². The van der Waals surface area contributed by atoms with Crippen molar-refractivity contribution in [2.24, 2.45) is 11.8 Å². The van der Waals surface area contributed by atoms with Crippen molar-refractivity contribution in [3.05, 3.63) is 101 Å². The summed E-state index contributed by atoms with van der Waals surface area (Å²) >= 11 is 0. The molecular formula is C34H31F6N3O3S. The first-order chi connectivity index (χ1) is 22.2. The smallest absolute Gasteiger partial charge is 0.293 e. The maximum absolute atomic E-state index is 15.1. The van der Waals surface area contributed by atoms with Gasteiger partial charge in [-0.3, -0.25) is 14.5 Å². The SMILES string of the molecule is CC(C)CS(=O)(=O)c1ccc(-c2cccnc2[C@@H](CC(=O)Cn2nc(C(F)F)c3c2C(F)(F)C2CC32)Cc2cc(F)cc(F)c2)cc1. The Bertz CT molecular complexity index is 1920. The van der Waals surface area contributed by atoms with Gasteiger partial charge in [0.1, 0.15) is 29.6 Å². The Morgan fingerprint density at radius 2 is 1.70 bits per heavy atom. The zero-order valence-electron chi connectivity index (χ0n) is 25.4. The number of ketones is 1. The lowest BCUT2D eigenvalue weighted by atomic mass is 9.87. The van der Waals surface area contributed by atoms with Crippen LogP contribution in [0.2, 0.25) is 0 Å². The number of hydrogen-bond acceptors (Lipinski definition) is 5. The van der Waals surface area contributed by atoms with Gasteiger partial charge in [0.2, 0.25) is 0 Å². The van der Waals surface area contributed by atoms with Crippen LogP contribution in [-0.2, 0) is 33.5 Å². The van der Waals surface area contributed by atoms with Crippen LogP contribution in [0.5, 0.6) is 0 Å². The standard InChI is InChI=1S/C34H31F6N3O3S/c1-18(2)17-47(45,46)25-7-5-20(6-8-25)26-4-3-9-41-30(26)21(10-19-11-22(35)14-23(36)12-19)13-24(44)16-43-32-29(31(42-43)33(37)38)27-15-28(27)34(32,39)40/h3-9,11-12,14,18,21,27-28,33H,10,13,15-17H2,1-2H3/t21-,27?,28?/m1/s1. The summed E-state index contributed by atoms with van der Waals surface area (Å²) < 4.78 is 112. The van der Waals surface area contributed by atoms with Gasteiger partial charge >= 0.3 is 0 Å². The molecule has 248 valence electrons. The van der Waals surface area contributed by atoms with Crippen LogP contribution in [-0.4, -0.2) is 34.7 Å². The molecule has 6 nitrogen and oxygen atoms in total. The van der Waals surface area contributed by atoms with Crippen molar-refractivity contribution in [1.29, 1.82) is 0 Å². The number of nitrogens with zero attached hydrogens (tertiary/aromatic N) is 3. The molecule has 2 unspecified atom stereocenters. The molecular weight excluding hydrogens is 644 g/mol. The lowest BCUT2D eigenvalue weighted by Crippen LogP contribution is -2.24. The van der Waals surface area contributed by atoms with Crippen molar-refractivity contribution in [3.63, 3.8) is 0 Å². The molecule has 0 spiro atoms. The Kier molecular flexibility index (Phi) is 8.56. The van der Waals surface area contributed by atoms with Crippen LogP contribution < -0.4 is 0 Å². The Labute approximate surface area is 267 Å².